The van der Waals surface area contributed by atoms with Gasteiger partial charge in [0.1, 0.15) is 42.5 Å². The number of thioether (sulfide) groups is 1. The third kappa shape index (κ3) is 10.2. The van der Waals surface area contributed by atoms with Crippen LogP contribution in [0, 0.1) is 26.7 Å². The number of aryl methyl sites for hydroxylation is 3. The molecule has 6 heterocycles. The third-order valence-corrected chi connectivity index (χ3v) is 14.0. The molecule has 15 heteroatoms. The minimum atomic E-state index is -1.48. The first-order valence-electron chi connectivity index (χ1n) is 21.5. The molecule has 8 atom stereocenters. The molecule has 6 rings (SSSR count). The number of aliphatic hydroxyl groups is 3. The Hall–Kier alpha value is -4.02. The Bertz CT molecular complexity index is 2340. The number of ether oxygens (including phenoxy) is 2. The van der Waals surface area contributed by atoms with E-state index in [1.165, 1.54) is 22.9 Å². The lowest BCUT2D eigenvalue weighted by molar-refractivity contribution is -0.210. The second kappa shape index (κ2) is 20.7. The highest BCUT2D eigenvalue weighted by atomic mass is 35.5. The normalized spacial score (nSPS) is 23.0. The highest BCUT2D eigenvalue weighted by Crippen LogP contribution is 2.42. The van der Waals surface area contributed by atoms with Crippen LogP contribution in [0.5, 0.6) is 0 Å². The van der Waals surface area contributed by atoms with E-state index in [1.54, 1.807) is 25.8 Å². The van der Waals surface area contributed by atoms with E-state index in [4.69, 9.17) is 25.2 Å². The molecule has 1 fully saturated rings. The molecule has 3 aliphatic heterocycles. The van der Waals surface area contributed by atoms with Gasteiger partial charge in [-0.15, -0.1) is 24.2 Å². The summed E-state index contributed by atoms with van der Waals surface area (Å²) >= 11 is 1.27. The smallest absolute Gasteiger partial charge is 0.323 e. The number of esters is 1. The molecule has 0 spiro atoms. The monoisotopic (exact) mass is 892 g/mol. The van der Waals surface area contributed by atoms with E-state index in [0.29, 0.717) is 31.6 Å². The highest BCUT2D eigenvalue weighted by Gasteiger charge is 2.44. The molecule has 0 saturated carbocycles. The van der Waals surface area contributed by atoms with Crippen molar-refractivity contribution in [3.8, 4) is 0 Å². The lowest BCUT2D eigenvalue weighted by atomic mass is 9.86. The van der Waals surface area contributed by atoms with Gasteiger partial charge in [0.05, 0.1) is 11.4 Å². The summed E-state index contributed by atoms with van der Waals surface area (Å²) in [6.07, 6.45) is -1.00. The van der Waals surface area contributed by atoms with Gasteiger partial charge in [-0.1, -0.05) is 40.3 Å². The van der Waals surface area contributed by atoms with Crippen LogP contribution in [-0.4, -0.2) is 114 Å². The Balaban J connectivity index is 0.00000726. The predicted octanol–water partition coefficient (Wildman–Crippen LogP) is 7.23. The van der Waals surface area contributed by atoms with Gasteiger partial charge in [-0.25, -0.2) is 4.98 Å². The molecular formula is C47H65ClN6O7S. The van der Waals surface area contributed by atoms with Crippen molar-refractivity contribution in [1.29, 1.82) is 0 Å². The Kier molecular flexibility index (Phi) is 16.3. The van der Waals surface area contributed by atoms with E-state index >= 15 is 0 Å². The maximum absolute atomic E-state index is 13.7. The van der Waals surface area contributed by atoms with E-state index in [2.05, 4.69) is 82.4 Å². The number of aromatic amines is 2. The number of aliphatic hydroxyl groups excluding tert-OH is 3. The average molecular weight is 894 g/mol. The van der Waals surface area contributed by atoms with Crippen molar-refractivity contribution < 1.29 is 34.4 Å². The van der Waals surface area contributed by atoms with Gasteiger partial charge < -0.3 is 45.4 Å². The van der Waals surface area contributed by atoms with E-state index in [0.717, 1.165) is 73.5 Å². The molecule has 13 nitrogen and oxygen atoms in total. The van der Waals surface area contributed by atoms with Crippen molar-refractivity contribution >= 4 is 75.3 Å². The number of halogens is 1. The molecule has 338 valence electrons. The van der Waals surface area contributed by atoms with Crippen LogP contribution in [0.2, 0.25) is 0 Å². The SMILES string of the molecule is C=Cc1c(C)c2cc3nc(c(C)c4cc(C)c(cc5nc(cc1[nH]2)C(C)=C5CC)[nH]4)[C@@H](CCC(=O)N(C)CCCS[C@@H]1O[C@H](COC(=O)[C@@H](N)C(C)C)[C@@H](O)[C@H](O)[C@H]1O)[C@@H]3C.Cl. The molecule has 7 N–H and O–H groups in total. The fraction of sp³-hybridized carbons (Fsp3) is 0.532. The van der Waals surface area contributed by atoms with Gasteiger partial charge in [0.25, 0.3) is 0 Å². The first-order chi connectivity index (χ1) is 28.9. The third-order valence-electron chi connectivity index (χ3n) is 12.7. The summed E-state index contributed by atoms with van der Waals surface area (Å²) in [5.74, 6) is -0.195. The molecule has 0 unspecified atom stereocenters. The number of amides is 1. The van der Waals surface area contributed by atoms with Crippen molar-refractivity contribution in [2.24, 2.45) is 11.7 Å². The van der Waals surface area contributed by atoms with Gasteiger partial charge in [0.2, 0.25) is 5.91 Å². The molecule has 0 radical (unpaired) electrons. The minimum Gasteiger partial charge on any atom is -0.462 e. The largest absolute Gasteiger partial charge is 0.462 e. The van der Waals surface area contributed by atoms with Crippen molar-refractivity contribution in [3.05, 3.63) is 75.9 Å². The Morgan fingerprint density at radius 2 is 1.66 bits per heavy atom. The number of H-pyrrole nitrogens is 2. The van der Waals surface area contributed by atoms with Crippen molar-refractivity contribution in [2.45, 2.75) is 129 Å². The Labute approximate surface area is 375 Å². The number of carbonyl (C=O) groups excluding carboxylic acids is 2. The number of allylic oxidation sites excluding steroid dienone is 2. The molecule has 1 saturated heterocycles. The van der Waals surface area contributed by atoms with Crippen molar-refractivity contribution in [1.82, 2.24) is 24.8 Å². The van der Waals surface area contributed by atoms with E-state index in [-0.39, 0.29) is 42.7 Å². The number of nitrogens with two attached hydrogens (primary N) is 1. The van der Waals surface area contributed by atoms with E-state index in [1.807, 2.05) is 6.08 Å². The van der Waals surface area contributed by atoms with Crippen LogP contribution in [-0.2, 0) is 19.1 Å². The summed E-state index contributed by atoms with van der Waals surface area (Å²) in [5, 5.41) is 31.7. The molecule has 62 heavy (non-hydrogen) atoms. The number of nitrogens with zero attached hydrogens (tertiary/aromatic N) is 3. The molecule has 3 aliphatic rings. The maximum Gasteiger partial charge on any atom is 0.323 e. The fourth-order valence-electron chi connectivity index (χ4n) is 8.49. The Morgan fingerprint density at radius 3 is 2.34 bits per heavy atom. The Morgan fingerprint density at radius 1 is 0.984 bits per heavy atom. The molecular weight excluding hydrogens is 828 g/mol. The molecule has 3 aromatic heterocycles. The number of fused-ring (bicyclic) bond motifs is 8. The van der Waals surface area contributed by atoms with E-state index < -0.39 is 41.9 Å². The van der Waals surface area contributed by atoms with Crippen molar-refractivity contribution in [3.63, 3.8) is 0 Å². The number of rotatable bonds is 14. The van der Waals surface area contributed by atoms with Crippen LogP contribution in [0.15, 0.2) is 30.8 Å². The number of aromatic nitrogens is 4. The van der Waals surface area contributed by atoms with E-state index in [9.17, 15) is 24.9 Å². The zero-order valence-corrected chi connectivity index (χ0v) is 39.1. The van der Waals surface area contributed by atoms with Gasteiger partial charge >= 0.3 is 5.97 Å². The van der Waals surface area contributed by atoms with Crippen LogP contribution < -0.4 is 5.73 Å². The topological polar surface area (TPSA) is 200 Å². The summed E-state index contributed by atoms with van der Waals surface area (Å²) in [7, 11) is 1.79. The average Bonchev–Trinajstić information content (AvgIpc) is 3.94. The molecule has 0 aliphatic carbocycles. The lowest BCUT2D eigenvalue weighted by Crippen LogP contribution is -2.58. The van der Waals surface area contributed by atoms with Gasteiger partial charge in [-0.2, -0.15) is 0 Å². The second-order valence-corrected chi connectivity index (χ2v) is 18.4. The predicted molar refractivity (Wildman–Crippen MR) is 251 cm³/mol. The molecule has 3 aromatic rings. The van der Waals surface area contributed by atoms with Crippen LogP contribution in [0.3, 0.4) is 0 Å². The molecule has 1 amide bonds. The van der Waals surface area contributed by atoms with Crippen LogP contribution in [0.1, 0.15) is 117 Å². The molecule has 0 aromatic carbocycles. The van der Waals surface area contributed by atoms with Crippen molar-refractivity contribution in [2.75, 3.05) is 26.0 Å². The minimum absolute atomic E-state index is 0. The van der Waals surface area contributed by atoms with Gasteiger partial charge in [0.15, 0.2) is 0 Å². The number of nitrogens with one attached hydrogen (secondary N) is 2. The summed E-state index contributed by atoms with van der Waals surface area (Å²) in [6, 6.07) is 7.76. The number of hydrogen-bond acceptors (Lipinski definition) is 11. The lowest BCUT2D eigenvalue weighted by Gasteiger charge is -2.40. The second-order valence-electron chi connectivity index (χ2n) is 17.2. The van der Waals surface area contributed by atoms with Crippen LogP contribution in [0.4, 0.5) is 0 Å². The number of hydrogen-bond donors (Lipinski definition) is 6. The maximum atomic E-state index is 13.7. The summed E-state index contributed by atoms with van der Waals surface area (Å²) < 4.78 is 11.1. The first kappa shape index (κ1) is 49.0. The molecule has 8 bridgehead atoms. The van der Waals surface area contributed by atoms with Crippen LogP contribution in [0.25, 0.3) is 39.3 Å². The number of carbonyl (C=O) groups is 2. The summed E-state index contributed by atoms with van der Waals surface area (Å²) in [4.78, 5) is 45.4. The zero-order chi connectivity index (χ0) is 44.4. The van der Waals surface area contributed by atoms with Crippen LogP contribution >= 0.6 is 24.2 Å². The zero-order valence-electron chi connectivity index (χ0n) is 37.4. The van der Waals surface area contributed by atoms with Gasteiger partial charge in [-0.05, 0) is 111 Å². The first-order valence-corrected chi connectivity index (χ1v) is 22.5. The quantitative estimate of drug-likeness (QED) is 0.0705. The van der Waals surface area contributed by atoms with Gasteiger partial charge in [-0.3, -0.25) is 14.6 Å². The standard InChI is InChI=1S/C47H64N6O7S.ClH/c1-11-29-26(7)35-21-38-30(12-2)25(6)34(50-38)20-36-27(8)31(42(52-36)28(9)33-18-24(5)32(49-33)19-37(29)51-35)14-15-40(54)53(10)16-13-17-61-47-45(57)44(56)43(55)39(60-47)22-59-46(58)41(48)23(3)4;/h12,18-21,23,27,31,39,41,43-45,47,49-50,55-57H,2,11,13-17,22,48H2,1,3-10H3;1H/t27-,31-,39+,41-,43+,44-,45+,47-;/m0./s1. The summed E-state index contributed by atoms with van der Waals surface area (Å²) in [5.41, 5.74) is 19.4. The summed E-state index contributed by atoms with van der Waals surface area (Å²) in [6.45, 7) is 20.7. The van der Waals surface area contributed by atoms with Gasteiger partial charge in [0, 0.05) is 70.9 Å². The highest BCUT2D eigenvalue weighted by molar-refractivity contribution is 7.99. The fourth-order valence-corrected chi connectivity index (χ4v) is 9.60.